The zero-order valence-corrected chi connectivity index (χ0v) is 11.4. The SMILES string of the molecule is C=CC(=O)N(C)Cc1nnnn1CCc1ccccc1. The smallest absolute Gasteiger partial charge is 0.246 e. The van der Waals surface area contributed by atoms with Crippen LogP contribution in [0.1, 0.15) is 11.4 Å². The van der Waals surface area contributed by atoms with Gasteiger partial charge in [-0.15, -0.1) is 5.10 Å². The molecule has 0 aliphatic heterocycles. The van der Waals surface area contributed by atoms with Gasteiger partial charge in [-0.05, 0) is 28.5 Å². The molecule has 2 aromatic rings. The lowest BCUT2D eigenvalue weighted by molar-refractivity contribution is -0.125. The van der Waals surface area contributed by atoms with Crippen molar-refractivity contribution < 1.29 is 4.79 Å². The predicted octanol–water partition coefficient (Wildman–Crippen LogP) is 1.06. The Morgan fingerprint density at radius 2 is 2.15 bits per heavy atom. The molecule has 6 nitrogen and oxygen atoms in total. The number of hydrogen-bond donors (Lipinski definition) is 0. The number of hydrogen-bond acceptors (Lipinski definition) is 4. The minimum atomic E-state index is -0.150. The third-order valence-corrected chi connectivity index (χ3v) is 2.99. The van der Waals surface area contributed by atoms with Crippen LogP contribution in [0.2, 0.25) is 0 Å². The van der Waals surface area contributed by atoms with Gasteiger partial charge in [0.1, 0.15) is 0 Å². The molecule has 0 unspecified atom stereocenters. The lowest BCUT2D eigenvalue weighted by Gasteiger charge is -2.14. The Labute approximate surface area is 117 Å². The summed E-state index contributed by atoms with van der Waals surface area (Å²) in [5, 5.41) is 11.6. The molecule has 0 N–H and O–H groups in total. The highest BCUT2D eigenvalue weighted by Gasteiger charge is 2.11. The summed E-state index contributed by atoms with van der Waals surface area (Å²) in [6, 6.07) is 10.1. The van der Waals surface area contributed by atoms with Gasteiger partial charge in [-0.25, -0.2) is 4.68 Å². The van der Waals surface area contributed by atoms with Crippen LogP contribution < -0.4 is 0 Å². The van der Waals surface area contributed by atoms with Crippen LogP contribution >= 0.6 is 0 Å². The van der Waals surface area contributed by atoms with Gasteiger partial charge in [-0.3, -0.25) is 4.79 Å². The molecule has 0 radical (unpaired) electrons. The molecule has 0 saturated carbocycles. The van der Waals surface area contributed by atoms with Crippen LogP contribution in [0.5, 0.6) is 0 Å². The Kier molecular flexibility index (Phi) is 4.60. The van der Waals surface area contributed by atoms with Crippen molar-refractivity contribution in [2.24, 2.45) is 0 Å². The normalized spacial score (nSPS) is 10.2. The number of amides is 1. The van der Waals surface area contributed by atoms with E-state index in [1.165, 1.54) is 16.5 Å². The lowest BCUT2D eigenvalue weighted by atomic mass is 10.1. The van der Waals surface area contributed by atoms with Crippen LogP contribution in [0.4, 0.5) is 0 Å². The minimum Gasteiger partial charge on any atom is -0.335 e. The Balaban J connectivity index is 1.98. The van der Waals surface area contributed by atoms with Crippen molar-refractivity contribution in [3.05, 3.63) is 54.4 Å². The van der Waals surface area contributed by atoms with E-state index in [4.69, 9.17) is 0 Å². The molecular weight excluding hydrogens is 254 g/mol. The van der Waals surface area contributed by atoms with Gasteiger partial charge in [0.15, 0.2) is 5.82 Å². The second-order valence-corrected chi connectivity index (χ2v) is 4.45. The highest BCUT2D eigenvalue weighted by atomic mass is 16.2. The number of tetrazole rings is 1. The van der Waals surface area contributed by atoms with Crippen LogP contribution in [0, 0.1) is 0 Å². The predicted molar refractivity (Wildman–Crippen MR) is 74.6 cm³/mol. The molecule has 0 fully saturated rings. The van der Waals surface area contributed by atoms with Crippen molar-refractivity contribution in [3.8, 4) is 0 Å². The molecule has 1 aromatic carbocycles. The Morgan fingerprint density at radius 1 is 1.40 bits per heavy atom. The molecule has 1 heterocycles. The van der Waals surface area contributed by atoms with Gasteiger partial charge in [0, 0.05) is 13.6 Å². The first-order valence-electron chi connectivity index (χ1n) is 6.37. The first-order chi connectivity index (χ1) is 9.70. The van der Waals surface area contributed by atoms with Gasteiger partial charge >= 0.3 is 0 Å². The van der Waals surface area contributed by atoms with E-state index >= 15 is 0 Å². The molecule has 2 rings (SSSR count). The quantitative estimate of drug-likeness (QED) is 0.737. The number of rotatable bonds is 6. The maximum absolute atomic E-state index is 11.5. The highest BCUT2D eigenvalue weighted by Crippen LogP contribution is 2.04. The van der Waals surface area contributed by atoms with Crippen LogP contribution in [-0.4, -0.2) is 38.1 Å². The van der Waals surface area contributed by atoms with Crippen molar-refractivity contribution in [3.63, 3.8) is 0 Å². The van der Waals surface area contributed by atoms with Gasteiger partial charge in [-0.2, -0.15) is 0 Å². The monoisotopic (exact) mass is 271 g/mol. The largest absolute Gasteiger partial charge is 0.335 e. The Bertz CT molecular complexity index is 578. The summed E-state index contributed by atoms with van der Waals surface area (Å²) < 4.78 is 1.72. The van der Waals surface area contributed by atoms with Crippen molar-refractivity contribution in [2.75, 3.05) is 7.05 Å². The highest BCUT2D eigenvalue weighted by molar-refractivity contribution is 5.86. The Morgan fingerprint density at radius 3 is 2.85 bits per heavy atom. The summed E-state index contributed by atoms with van der Waals surface area (Å²) in [6.07, 6.45) is 2.12. The number of aryl methyl sites for hydroxylation is 2. The fourth-order valence-corrected chi connectivity index (χ4v) is 1.84. The van der Waals surface area contributed by atoms with E-state index in [-0.39, 0.29) is 5.91 Å². The molecule has 6 heteroatoms. The lowest BCUT2D eigenvalue weighted by Crippen LogP contribution is -2.26. The molecular formula is C14H17N5O. The summed E-state index contributed by atoms with van der Waals surface area (Å²) >= 11 is 0. The molecule has 0 aliphatic rings. The number of carbonyl (C=O) groups is 1. The molecule has 0 atom stereocenters. The first-order valence-corrected chi connectivity index (χ1v) is 6.37. The van der Waals surface area contributed by atoms with Crippen LogP contribution in [-0.2, 0) is 24.3 Å². The van der Waals surface area contributed by atoms with Gasteiger partial charge < -0.3 is 4.90 Å². The standard InChI is InChI=1S/C14H17N5O/c1-3-14(20)18(2)11-13-15-16-17-19(13)10-9-12-7-5-4-6-8-12/h3-8H,1,9-11H2,2H3. The van der Waals surface area contributed by atoms with E-state index < -0.39 is 0 Å². The van der Waals surface area contributed by atoms with Crippen molar-refractivity contribution >= 4 is 5.91 Å². The van der Waals surface area contributed by atoms with Gasteiger partial charge in [-0.1, -0.05) is 36.9 Å². The third-order valence-electron chi connectivity index (χ3n) is 2.99. The van der Waals surface area contributed by atoms with E-state index in [1.54, 1.807) is 11.7 Å². The molecule has 20 heavy (non-hydrogen) atoms. The molecule has 0 spiro atoms. The molecule has 1 aromatic heterocycles. The summed E-state index contributed by atoms with van der Waals surface area (Å²) in [5.74, 6) is 0.515. The van der Waals surface area contributed by atoms with Crippen molar-refractivity contribution in [1.29, 1.82) is 0 Å². The van der Waals surface area contributed by atoms with Crippen LogP contribution in [0.3, 0.4) is 0 Å². The number of benzene rings is 1. The number of nitrogens with zero attached hydrogens (tertiary/aromatic N) is 5. The summed E-state index contributed by atoms with van der Waals surface area (Å²) in [5.41, 5.74) is 1.23. The van der Waals surface area contributed by atoms with Crippen LogP contribution in [0.15, 0.2) is 43.0 Å². The maximum Gasteiger partial charge on any atom is 0.246 e. The molecule has 0 aliphatic carbocycles. The van der Waals surface area contributed by atoms with Gasteiger partial charge in [0.05, 0.1) is 6.54 Å². The first kappa shape index (κ1) is 13.9. The zero-order valence-electron chi connectivity index (χ0n) is 11.4. The van der Waals surface area contributed by atoms with Crippen molar-refractivity contribution in [1.82, 2.24) is 25.1 Å². The maximum atomic E-state index is 11.5. The second-order valence-electron chi connectivity index (χ2n) is 4.45. The van der Waals surface area contributed by atoms with Crippen LogP contribution in [0.25, 0.3) is 0 Å². The average Bonchev–Trinajstić information content (AvgIpc) is 2.92. The minimum absolute atomic E-state index is 0.150. The van der Waals surface area contributed by atoms with E-state index in [0.717, 1.165) is 6.42 Å². The second kappa shape index (κ2) is 6.60. The van der Waals surface area contributed by atoms with E-state index in [0.29, 0.717) is 18.9 Å². The van der Waals surface area contributed by atoms with Crippen molar-refractivity contribution in [2.45, 2.75) is 19.5 Å². The van der Waals surface area contributed by atoms with Gasteiger partial charge in [0.25, 0.3) is 0 Å². The fraction of sp³-hybridized carbons (Fsp3) is 0.286. The average molecular weight is 271 g/mol. The topological polar surface area (TPSA) is 63.9 Å². The molecule has 0 bridgehead atoms. The van der Waals surface area contributed by atoms with E-state index in [9.17, 15) is 4.79 Å². The summed E-state index contributed by atoms with van der Waals surface area (Å²) in [7, 11) is 1.69. The molecule has 1 amide bonds. The Hall–Kier alpha value is -2.50. The van der Waals surface area contributed by atoms with E-state index in [1.807, 2.05) is 18.2 Å². The fourth-order valence-electron chi connectivity index (χ4n) is 1.84. The van der Waals surface area contributed by atoms with Gasteiger partial charge in [0.2, 0.25) is 5.91 Å². The van der Waals surface area contributed by atoms with E-state index in [2.05, 4.69) is 34.2 Å². The third kappa shape index (κ3) is 3.50. The zero-order chi connectivity index (χ0) is 14.4. The number of aromatic nitrogens is 4. The molecule has 104 valence electrons. The molecule has 0 saturated heterocycles. The summed E-state index contributed by atoms with van der Waals surface area (Å²) in [4.78, 5) is 13.0. The number of likely N-dealkylation sites (N-methyl/N-ethyl adjacent to an activating group) is 1. The number of carbonyl (C=O) groups excluding carboxylic acids is 1. The summed E-state index contributed by atoms with van der Waals surface area (Å²) in [6.45, 7) is 4.51.